The number of aryl methyl sites for hydroxylation is 1. The van der Waals surface area contributed by atoms with Crippen LogP contribution in [0.3, 0.4) is 0 Å². The first-order valence-corrected chi connectivity index (χ1v) is 8.46. The molecule has 7 heteroatoms. The van der Waals surface area contributed by atoms with Crippen LogP contribution in [0.25, 0.3) is 0 Å². The highest BCUT2D eigenvalue weighted by Crippen LogP contribution is 2.32. The minimum absolute atomic E-state index is 0.123. The Balaban J connectivity index is 2.33. The first-order valence-electron chi connectivity index (χ1n) is 7.02. The van der Waals surface area contributed by atoms with Crippen molar-refractivity contribution < 1.29 is 8.42 Å². The van der Waals surface area contributed by atoms with Crippen LogP contribution in [0.2, 0.25) is 0 Å². The van der Waals surface area contributed by atoms with Crippen LogP contribution in [-0.4, -0.2) is 36.0 Å². The van der Waals surface area contributed by atoms with Crippen LogP contribution in [0, 0.1) is 12.3 Å². The third-order valence-corrected chi connectivity index (χ3v) is 6.15. The van der Waals surface area contributed by atoms with Gasteiger partial charge in [0, 0.05) is 19.6 Å². The second-order valence-corrected chi connectivity index (χ2v) is 8.13. The predicted octanol–water partition coefficient (Wildman–Crippen LogP) is 1.38. The third kappa shape index (κ3) is 2.89. The third-order valence-electron chi connectivity index (χ3n) is 4.05. The summed E-state index contributed by atoms with van der Waals surface area (Å²) in [5.74, 6) is 0. The van der Waals surface area contributed by atoms with Gasteiger partial charge in [0.25, 0.3) is 0 Å². The number of hydrogen-bond acceptors (Lipinski definition) is 4. The van der Waals surface area contributed by atoms with Crippen molar-refractivity contribution in [2.75, 3.05) is 13.1 Å². The summed E-state index contributed by atoms with van der Waals surface area (Å²) < 4.78 is 27.2. The first kappa shape index (κ1) is 15.5. The first-order chi connectivity index (χ1) is 9.28. The van der Waals surface area contributed by atoms with Gasteiger partial charge in [-0.05, 0) is 31.6 Å². The lowest BCUT2D eigenvalue weighted by atomic mass is 9.85. The van der Waals surface area contributed by atoms with Gasteiger partial charge < -0.3 is 5.73 Å². The molecule has 2 heterocycles. The van der Waals surface area contributed by atoms with E-state index in [1.54, 1.807) is 11.2 Å². The Bertz CT molecular complexity index is 577. The van der Waals surface area contributed by atoms with Gasteiger partial charge in [0.15, 0.2) is 0 Å². The summed E-state index contributed by atoms with van der Waals surface area (Å²) in [4.78, 5) is 0.264. The molecule has 0 amide bonds. The molecular formula is C13H24N4O2S. The van der Waals surface area contributed by atoms with Crippen LogP contribution >= 0.6 is 0 Å². The molecule has 1 fully saturated rings. The van der Waals surface area contributed by atoms with E-state index >= 15 is 0 Å². The molecule has 0 saturated carbocycles. The van der Waals surface area contributed by atoms with Gasteiger partial charge in [0.05, 0.1) is 11.4 Å². The number of sulfonamides is 1. The number of nitrogens with one attached hydrogen (secondary N) is 1. The highest BCUT2D eigenvalue weighted by atomic mass is 32.2. The maximum Gasteiger partial charge on any atom is 0.246 e. The molecule has 0 radical (unpaired) electrons. The molecule has 114 valence electrons. The van der Waals surface area contributed by atoms with Crippen LogP contribution in [0.15, 0.2) is 4.90 Å². The van der Waals surface area contributed by atoms with Gasteiger partial charge in [0.2, 0.25) is 10.0 Å². The minimum atomic E-state index is -3.51. The zero-order valence-electron chi connectivity index (χ0n) is 12.4. The van der Waals surface area contributed by atoms with E-state index < -0.39 is 10.0 Å². The molecule has 1 saturated heterocycles. The van der Waals surface area contributed by atoms with E-state index in [1.807, 2.05) is 0 Å². The average Bonchev–Trinajstić information content (AvgIpc) is 2.64. The highest BCUT2D eigenvalue weighted by Gasteiger charge is 2.33. The zero-order chi connectivity index (χ0) is 15.0. The van der Waals surface area contributed by atoms with Crippen LogP contribution in [0.5, 0.6) is 0 Å². The van der Waals surface area contributed by atoms with Crippen molar-refractivity contribution in [3.8, 4) is 0 Å². The fourth-order valence-electron chi connectivity index (χ4n) is 2.72. The van der Waals surface area contributed by atoms with E-state index in [-0.39, 0.29) is 16.9 Å². The number of aromatic amines is 1. The smallest absolute Gasteiger partial charge is 0.246 e. The largest absolute Gasteiger partial charge is 0.325 e. The molecule has 0 spiro atoms. The molecule has 0 unspecified atom stereocenters. The summed E-state index contributed by atoms with van der Waals surface area (Å²) >= 11 is 0. The van der Waals surface area contributed by atoms with Gasteiger partial charge in [-0.25, -0.2) is 8.42 Å². The molecule has 3 N–H and O–H groups in total. The van der Waals surface area contributed by atoms with Gasteiger partial charge in [-0.15, -0.1) is 0 Å². The summed E-state index contributed by atoms with van der Waals surface area (Å²) in [6, 6.07) is 0. The fraction of sp³-hybridized carbons (Fsp3) is 0.769. The maximum atomic E-state index is 12.8. The van der Waals surface area contributed by atoms with Crippen molar-refractivity contribution >= 4 is 10.0 Å². The summed E-state index contributed by atoms with van der Waals surface area (Å²) in [6.45, 7) is 7.36. The number of nitrogens with zero attached hydrogens (tertiary/aromatic N) is 2. The van der Waals surface area contributed by atoms with Gasteiger partial charge >= 0.3 is 0 Å². The van der Waals surface area contributed by atoms with Crippen LogP contribution in [-0.2, 0) is 16.6 Å². The minimum Gasteiger partial charge on any atom is -0.325 e. The Hall–Kier alpha value is -0.920. The Kier molecular flexibility index (Phi) is 4.22. The van der Waals surface area contributed by atoms with E-state index in [0.717, 1.165) is 19.3 Å². The quantitative estimate of drug-likeness (QED) is 0.882. The monoisotopic (exact) mass is 300 g/mol. The highest BCUT2D eigenvalue weighted by molar-refractivity contribution is 7.89. The summed E-state index contributed by atoms with van der Waals surface area (Å²) in [7, 11) is -3.51. The topological polar surface area (TPSA) is 92.1 Å². The standard InChI is InChI=1S/C13H24N4O2S/c1-10-12(11(9-14)16-15-10)20(18,19)17-7-4-5-13(2,3)6-8-17/h4-9,14H2,1-3H3,(H,15,16). The van der Waals surface area contributed by atoms with E-state index in [2.05, 4.69) is 24.0 Å². The Morgan fingerprint density at radius 1 is 1.35 bits per heavy atom. The Morgan fingerprint density at radius 2 is 2.05 bits per heavy atom. The van der Waals surface area contributed by atoms with Crippen molar-refractivity contribution in [3.63, 3.8) is 0 Å². The van der Waals surface area contributed by atoms with Gasteiger partial charge in [-0.3, -0.25) is 5.10 Å². The van der Waals surface area contributed by atoms with Crippen molar-refractivity contribution in [3.05, 3.63) is 11.4 Å². The molecule has 2 rings (SSSR count). The van der Waals surface area contributed by atoms with Crippen molar-refractivity contribution in [2.45, 2.75) is 51.5 Å². The number of rotatable bonds is 3. The maximum absolute atomic E-state index is 12.8. The molecule has 1 aliphatic rings. The molecule has 1 aromatic heterocycles. The van der Waals surface area contributed by atoms with Gasteiger partial charge in [-0.2, -0.15) is 9.40 Å². The second kappa shape index (κ2) is 5.46. The summed E-state index contributed by atoms with van der Waals surface area (Å²) in [5, 5.41) is 6.72. The lowest BCUT2D eigenvalue weighted by Gasteiger charge is -2.23. The second-order valence-electron chi connectivity index (χ2n) is 6.25. The van der Waals surface area contributed by atoms with E-state index in [4.69, 9.17) is 5.73 Å². The van der Waals surface area contributed by atoms with Crippen LogP contribution < -0.4 is 5.73 Å². The van der Waals surface area contributed by atoms with E-state index in [0.29, 0.717) is 24.5 Å². The van der Waals surface area contributed by atoms with Crippen molar-refractivity contribution in [1.29, 1.82) is 0 Å². The fourth-order valence-corrected chi connectivity index (χ4v) is 4.54. The SMILES string of the molecule is Cc1[nH]nc(CN)c1S(=O)(=O)N1CCCC(C)(C)CC1. The molecule has 6 nitrogen and oxygen atoms in total. The molecule has 1 aromatic rings. The van der Waals surface area contributed by atoms with Crippen molar-refractivity contribution in [1.82, 2.24) is 14.5 Å². The Labute approximate surface area is 120 Å². The number of nitrogens with two attached hydrogens (primary N) is 1. The summed E-state index contributed by atoms with van der Waals surface area (Å²) in [6.07, 6.45) is 2.81. The lowest BCUT2D eigenvalue weighted by Crippen LogP contribution is -2.33. The molecule has 0 aliphatic carbocycles. The molecule has 0 aromatic carbocycles. The van der Waals surface area contributed by atoms with Gasteiger partial charge in [0.1, 0.15) is 4.90 Å². The number of aromatic nitrogens is 2. The molecule has 0 atom stereocenters. The zero-order valence-corrected chi connectivity index (χ0v) is 13.3. The van der Waals surface area contributed by atoms with E-state index in [1.165, 1.54) is 0 Å². The average molecular weight is 300 g/mol. The normalized spacial score (nSPS) is 20.8. The van der Waals surface area contributed by atoms with Crippen LogP contribution in [0.4, 0.5) is 0 Å². The number of H-pyrrole nitrogens is 1. The van der Waals surface area contributed by atoms with Crippen molar-refractivity contribution in [2.24, 2.45) is 11.1 Å². The molecular weight excluding hydrogens is 276 g/mol. The summed E-state index contributed by atoms with van der Waals surface area (Å²) in [5.41, 5.74) is 6.79. The molecule has 1 aliphatic heterocycles. The lowest BCUT2D eigenvalue weighted by molar-refractivity contribution is 0.314. The van der Waals surface area contributed by atoms with Gasteiger partial charge in [-0.1, -0.05) is 13.8 Å². The predicted molar refractivity (Wildman–Crippen MR) is 77.6 cm³/mol. The van der Waals surface area contributed by atoms with E-state index in [9.17, 15) is 8.42 Å². The molecule has 0 bridgehead atoms. The Morgan fingerprint density at radius 3 is 2.70 bits per heavy atom. The molecule has 20 heavy (non-hydrogen) atoms. The van der Waals surface area contributed by atoms with Crippen LogP contribution in [0.1, 0.15) is 44.5 Å². The number of hydrogen-bond donors (Lipinski definition) is 2.